The van der Waals surface area contributed by atoms with E-state index in [2.05, 4.69) is 4.98 Å². The molecule has 58 valence electrons. The predicted octanol–water partition coefficient (Wildman–Crippen LogP) is 2.30. The topological polar surface area (TPSA) is 36.0 Å². The van der Waals surface area contributed by atoms with Gasteiger partial charge in [-0.05, 0) is 6.07 Å². The normalized spacial score (nSPS) is 9.45. The van der Waals surface area contributed by atoms with Gasteiger partial charge in [0.25, 0.3) is 0 Å². The Kier molecular flexibility index (Phi) is 2.06. The predicted molar refractivity (Wildman–Crippen MR) is 47.2 cm³/mol. The largest absolute Gasteiger partial charge is 0.495 e. The molecule has 0 fully saturated rings. The van der Waals surface area contributed by atoms with E-state index in [0.29, 0.717) is 0 Å². The number of hydrogen-bond donors (Lipinski definition) is 2. The van der Waals surface area contributed by atoms with Crippen LogP contribution in [-0.4, -0.2) is 10.1 Å². The fourth-order valence-electron chi connectivity index (χ4n) is 1.06. The number of halogens is 1. The summed E-state index contributed by atoms with van der Waals surface area (Å²) in [6.07, 6.45) is 0. The lowest BCUT2D eigenvalue weighted by atomic mass is 10.3. The van der Waals surface area contributed by atoms with E-state index in [0.717, 1.165) is 10.9 Å². The second kappa shape index (κ2) is 2.84. The van der Waals surface area contributed by atoms with E-state index in [1.54, 1.807) is 6.07 Å². The molecule has 1 aromatic heterocycles. The Balaban J connectivity index is 0.000000605. The first kappa shape index (κ1) is 7.95. The van der Waals surface area contributed by atoms with Gasteiger partial charge in [0.15, 0.2) is 5.88 Å². The van der Waals surface area contributed by atoms with Crippen LogP contribution in [0.15, 0.2) is 30.3 Å². The van der Waals surface area contributed by atoms with E-state index in [-0.39, 0.29) is 18.3 Å². The molecular formula is C8H8ClNO. The van der Waals surface area contributed by atoms with Crippen molar-refractivity contribution in [1.29, 1.82) is 0 Å². The second-order valence-corrected chi connectivity index (χ2v) is 2.24. The van der Waals surface area contributed by atoms with Gasteiger partial charge < -0.3 is 10.1 Å². The summed E-state index contributed by atoms with van der Waals surface area (Å²) < 4.78 is 0. The third-order valence-electron chi connectivity index (χ3n) is 1.52. The smallest absolute Gasteiger partial charge is 0.189 e. The van der Waals surface area contributed by atoms with E-state index >= 15 is 0 Å². The summed E-state index contributed by atoms with van der Waals surface area (Å²) in [5, 5.41) is 10.0. The van der Waals surface area contributed by atoms with Crippen LogP contribution in [0.25, 0.3) is 10.9 Å². The first-order valence-corrected chi connectivity index (χ1v) is 3.13. The van der Waals surface area contributed by atoms with Crippen molar-refractivity contribution in [1.82, 2.24) is 4.98 Å². The van der Waals surface area contributed by atoms with E-state index in [1.165, 1.54) is 0 Å². The monoisotopic (exact) mass is 169 g/mol. The maximum Gasteiger partial charge on any atom is 0.189 e. The molecule has 0 spiro atoms. The Morgan fingerprint density at radius 2 is 1.91 bits per heavy atom. The molecule has 0 amide bonds. The lowest BCUT2D eigenvalue weighted by Crippen LogP contribution is -1.62. The fourth-order valence-corrected chi connectivity index (χ4v) is 1.06. The molecule has 0 unspecified atom stereocenters. The number of para-hydroxylation sites is 1. The van der Waals surface area contributed by atoms with E-state index in [1.807, 2.05) is 24.3 Å². The summed E-state index contributed by atoms with van der Waals surface area (Å²) >= 11 is 0. The lowest BCUT2D eigenvalue weighted by molar-refractivity contribution is 0.458. The van der Waals surface area contributed by atoms with Crippen LogP contribution >= 0.6 is 12.4 Å². The van der Waals surface area contributed by atoms with Crippen molar-refractivity contribution in [2.45, 2.75) is 0 Å². The second-order valence-electron chi connectivity index (χ2n) is 2.24. The molecule has 0 saturated carbocycles. The minimum absolute atomic E-state index is 0. The maximum atomic E-state index is 9.00. The minimum atomic E-state index is 0. The van der Waals surface area contributed by atoms with Crippen molar-refractivity contribution in [3.63, 3.8) is 0 Å². The first-order chi connectivity index (χ1) is 4.86. The van der Waals surface area contributed by atoms with Crippen LogP contribution in [0.2, 0.25) is 0 Å². The average molecular weight is 170 g/mol. The number of hydrogen-bond acceptors (Lipinski definition) is 1. The van der Waals surface area contributed by atoms with Gasteiger partial charge in [-0.1, -0.05) is 18.2 Å². The zero-order valence-corrected chi connectivity index (χ0v) is 6.56. The molecule has 3 heteroatoms. The van der Waals surface area contributed by atoms with Crippen LogP contribution in [0.1, 0.15) is 0 Å². The molecule has 0 aliphatic carbocycles. The fraction of sp³-hybridized carbons (Fsp3) is 0. The van der Waals surface area contributed by atoms with Gasteiger partial charge in [-0.25, -0.2) is 0 Å². The molecule has 0 atom stereocenters. The maximum absolute atomic E-state index is 9.00. The zero-order chi connectivity index (χ0) is 6.97. The average Bonchev–Trinajstić information content (AvgIpc) is 2.27. The summed E-state index contributed by atoms with van der Waals surface area (Å²) in [6.45, 7) is 0. The number of rotatable bonds is 0. The molecule has 0 aliphatic rings. The Hall–Kier alpha value is -1.15. The molecular weight excluding hydrogens is 162 g/mol. The molecule has 1 aromatic carbocycles. The first-order valence-electron chi connectivity index (χ1n) is 3.13. The number of nitrogens with one attached hydrogen (secondary N) is 1. The summed E-state index contributed by atoms with van der Waals surface area (Å²) in [7, 11) is 0. The Bertz CT molecular complexity index is 323. The molecule has 11 heavy (non-hydrogen) atoms. The number of aromatic hydroxyl groups is 1. The molecule has 2 rings (SSSR count). The lowest BCUT2D eigenvalue weighted by Gasteiger charge is -1.83. The van der Waals surface area contributed by atoms with Crippen molar-refractivity contribution in [2.24, 2.45) is 0 Å². The van der Waals surface area contributed by atoms with Crippen LogP contribution in [-0.2, 0) is 0 Å². The Morgan fingerprint density at radius 1 is 1.18 bits per heavy atom. The highest BCUT2D eigenvalue weighted by Crippen LogP contribution is 2.17. The van der Waals surface area contributed by atoms with Crippen LogP contribution in [0.3, 0.4) is 0 Å². The van der Waals surface area contributed by atoms with Crippen molar-refractivity contribution in [3.05, 3.63) is 30.3 Å². The number of aromatic amines is 1. The zero-order valence-electron chi connectivity index (χ0n) is 5.74. The van der Waals surface area contributed by atoms with Gasteiger partial charge >= 0.3 is 0 Å². The SMILES string of the molecule is Cl.Oc1cc2ccccc2[nH]1. The molecule has 2 nitrogen and oxygen atoms in total. The van der Waals surface area contributed by atoms with Crippen molar-refractivity contribution >= 4 is 23.3 Å². The van der Waals surface area contributed by atoms with Crippen LogP contribution in [0, 0.1) is 0 Å². The Labute approximate surface area is 70.3 Å². The van der Waals surface area contributed by atoms with Crippen molar-refractivity contribution < 1.29 is 5.11 Å². The Morgan fingerprint density at radius 3 is 2.64 bits per heavy atom. The van der Waals surface area contributed by atoms with E-state index < -0.39 is 0 Å². The van der Waals surface area contributed by atoms with Crippen LogP contribution in [0.5, 0.6) is 5.88 Å². The van der Waals surface area contributed by atoms with Gasteiger partial charge in [-0.15, -0.1) is 12.4 Å². The summed E-state index contributed by atoms with van der Waals surface area (Å²) in [5.41, 5.74) is 0.972. The van der Waals surface area contributed by atoms with Gasteiger partial charge in [-0.3, -0.25) is 0 Å². The number of fused-ring (bicyclic) bond motifs is 1. The summed E-state index contributed by atoms with van der Waals surface area (Å²) in [6, 6.07) is 9.45. The summed E-state index contributed by atoms with van der Waals surface area (Å²) in [5.74, 6) is 0.223. The molecule has 2 aromatic rings. The molecule has 0 aliphatic heterocycles. The number of benzene rings is 1. The highest BCUT2D eigenvalue weighted by molar-refractivity contribution is 5.85. The van der Waals surface area contributed by atoms with E-state index in [4.69, 9.17) is 5.11 Å². The molecule has 0 saturated heterocycles. The van der Waals surface area contributed by atoms with Gasteiger partial charge in [0.2, 0.25) is 0 Å². The van der Waals surface area contributed by atoms with Gasteiger partial charge in [0, 0.05) is 17.0 Å². The van der Waals surface area contributed by atoms with Crippen molar-refractivity contribution in [2.75, 3.05) is 0 Å². The van der Waals surface area contributed by atoms with Gasteiger partial charge in [0.1, 0.15) is 0 Å². The third kappa shape index (κ3) is 1.30. The van der Waals surface area contributed by atoms with Gasteiger partial charge in [-0.2, -0.15) is 0 Å². The molecule has 2 N–H and O–H groups in total. The molecule has 0 radical (unpaired) electrons. The number of aromatic nitrogens is 1. The van der Waals surface area contributed by atoms with Crippen molar-refractivity contribution in [3.8, 4) is 5.88 Å². The standard InChI is InChI=1S/C8H7NO.ClH/c10-8-5-6-3-1-2-4-7(6)9-8;/h1-5,9-10H;1H. The third-order valence-corrected chi connectivity index (χ3v) is 1.52. The minimum Gasteiger partial charge on any atom is -0.495 e. The molecule has 1 heterocycles. The summed E-state index contributed by atoms with van der Waals surface area (Å²) in [4.78, 5) is 2.81. The highest BCUT2D eigenvalue weighted by Gasteiger charge is 1.94. The quantitative estimate of drug-likeness (QED) is 0.624. The van der Waals surface area contributed by atoms with E-state index in [9.17, 15) is 0 Å². The highest BCUT2D eigenvalue weighted by atomic mass is 35.5. The van der Waals surface area contributed by atoms with Crippen LogP contribution in [0.4, 0.5) is 0 Å². The number of H-pyrrole nitrogens is 1. The molecule has 0 bridgehead atoms. The van der Waals surface area contributed by atoms with Gasteiger partial charge in [0.05, 0.1) is 0 Å². The van der Waals surface area contributed by atoms with Crippen LogP contribution < -0.4 is 0 Å².